The fourth-order valence-corrected chi connectivity index (χ4v) is 2.58. The van der Waals surface area contributed by atoms with E-state index in [4.69, 9.17) is 4.74 Å². The molecule has 0 saturated carbocycles. The Morgan fingerprint density at radius 1 is 1.30 bits per heavy atom. The fourth-order valence-electron chi connectivity index (χ4n) is 2.58. The lowest BCUT2D eigenvalue weighted by atomic mass is 10.0. The Kier molecular flexibility index (Phi) is 5.15. The van der Waals surface area contributed by atoms with Gasteiger partial charge in [0.05, 0.1) is 17.3 Å². The summed E-state index contributed by atoms with van der Waals surface area (Å²) in [5.74, 6) is 0. The van der Waals surface area contributed by atoms with Gasteiger partial charge in [0, 0.05) is 32.0 Å². The lowest BCUT2D eigenvalue weighted by Crippen LogP contribution is -2.29. The summed E-state index contributed by atoms with van der Waals surface area (Å²) in [6.07, 6.45) is 3.42. The summed E-state index contributed by atoms with van der Waals surface area (Å²) in [6.45, 7) is 2.11. The summed E-state index contributed by atoms with van der Waals surface area (Å²) < 4.78 is 7.29. The number of aromatic nitrogens is 2. The third-order valence-electron chi connectivity index (χ3n) is 4.01. The minimum absolute atomic E-state index is 0.311. The van der Waals surface area contributed by atoms with E-state index in [1.54, 1.807) is 7.11 Å². The van der Waals surface area contributed by atoms with E-state index in [1.165, 1.54) is 16.6 Å². The van der Waals surface area contributed by atoms with Crippen molar-refractivity contribution in [3.8, 4) is 0 Å². The van der Waals surface area contributed by atoms with Gasteiger partial charge < -0.3 is 10.1 Å². The molecule has 0 aliphatic carbocycles. The van der Waals surface area contributed by atoms with E-state index in [1.807, 2.05) is 18.8 Å². The summed E-state index contributed by atoms with van der Waals surface area (Å²) in [7, 11) is 5.80. The predicted octanol–water partition coefficient (Wildman–Crippen LogP) is 2.52. The maximum absolute atomic E-state index is 5.32. The van der Waals surface area contributed by atoms with E-state index in [0.29, 0.717) is 12.1 Å². The minimum Gasteiger partial charge on any atom is -0.382 e. The van der Waals surface area contributed by atoms with E-state index in [0.717, 1.165) is 19.3 Å². The summed E-state index contributed by atoms with van der Waals surface area (Å²) >= 11 is 0. The number of para-hydroxylation sites is 1. The van der Waals surface area contributed by atoms with E-state index in [2.05, 4.69) is 41.6 Å². The second kappa shape index (κ2) is 6.86. The van der Waals surface area contributed by atoms with E-state index < -0.39 is 0 Å². The second-order valence-corrected chi connectivity index (χ2v) is 5.40. The van der Waals surface area contributed by atoms with Crippen molar-refractivity contribution in [1.82, 2.24) is 15.1 Å². The lowest BCUT2D eigenvalue weighted by molar-refractivity contribution is 0.106. The van der Waals surface area contributed by atoms with Gasteiger partial charge in [-0.3, -0.25) is 4.68 Å². The highest BCUT2D eigenvalue weighted by atomic mass is 16.5. The van der Waals surface area contributed by atoms with Crippen LogP contribution < -0.4 is 5.32 Å². The summed E-state index contributed by atoms with van der Waals surface area (Å²) in [6, 6.07) is 8.85. The van der Waals surface area contributed by atoms with Crippen molar-refractivity contribution < 1.29 is 4.74 Å². The van der Waals surface area contributed by atoms with Crippen molar-refractivity contribution in [3.05, 3.63) is 30.0 Å². The van der Waals surface area contributed by atoms with Crippen LogP contribution in [0.3, 0.4) is 0 Å². The number of fused-ring (bicyclic) bond motifs is 1. The van der Waals surface area contributed by atoms with Gasteiger partial charge in [0.1, 0.15) is 0 Å². The Hall–Kier alpha value is -1.39. The smallest absolute Gasteiger partial charge is 0.0718 e. The SMILES string of the molecule is CNC(CCC(C)OC)Cc1nn(C)c2ccccc12. The lowest BCUT2D eigenvalue weighted by Gasteiger charge is -2.17. The standard InChI is InChI=1S/C16H25N3O/c1-12(20-4)9-10-13(17-2)11-15-14-7-5-6-8-16(14)19(3)18-15/h5-8,12-13,17H,9-11H2,1-4H3. The van der Waals surface area contributed by atoms with Gasteiger partial charge in [0.15, 0.2) is 0 Å². The molecule has 2 aromatic rings. The topological polar surface area (TPSA) is 39.1 Å². The molecule has 4 heteroatoms. The molecule has 0 bridgehead atoms. The summed E-state index contributed by atoms with van der Waals surface area (Å²) in [5, 5.41) is 9.33. The van der Waals surface area contributed by atoms with Gasteiger partial charge in [-0.1, -0.05) is 18.2 Å². The van der Waals surface area contributed by atoms with Crippen LogP contribution in [-0.4, -0.2) is 36.1 Å². The number of hydrogen-bond acceptors (Lipinski definition) is 3. The first-order valence-corrected chi connectivity index (χ1v) is 7.26. The molecule has 1 N–H and O–H groups in total. The molecule has 2 unspecified atom stereocenters. The Morgan fingerprint density at radius 3 is 2.75 bits per heavy atom. The van der Waals surface area contributed by atoms with Crippen molar-refractivity contribution >= 4 is 10.9 Å². The Balaban J connectivity index is 2.09. The van der Waals surface area contributed by atoms with Gasteiger partial charge in [-0.05, 0) is 32.9 Å². The molecule has 0 aliphatic heterocycles. The number of aryl methyl sites for hydroxylation is 1. The average Bonchev–Trinajstić information content (AvgIpc) is 2.80. The van der Waals surface area contributed by atoms with Gasteiger partial charge in [0.2, 0.25) is 0 Å². The van der Waals surface area contributed by atoms with Gasteiger partial charge in [-0.25, -0.2) is 0 Å². The number of nitrogens with one attached hydrogen (secondary N) is 1. The maximum atomic E-state index is 5.32. The quantitative estimate of drug-likeness (QED) is 0.844. The van der Waals surface area contributed by atoms with Crippen molar-refractivity contribution in [2.45, 2.75) is 38.3 Å². The van der Waals surface area contributed by atoms with Crippen LogP contribution in [0.1, 0.15) is 25.5 Å². The Morgan fingerprint density at radius 2 is 2.05 bits per heavy atom. The van der Waals surface area contributed by atoms with Crippen molar-refractivity contribution in [3.63, 3.8) is 0 Å². The molecule has 4 nitrogen and oxygen atoms in total. The molecule has 0 amide bonds. The van der Waals surface area contributed by atoms with Gasteiger partial charge in [-0.15, -0.1) is 0 Å². The second-order valence-electron chi connectivity index (χ2n) is 5.40. The monoisotopic (exact) mass is 275 g/mol. The van der Waals surface area contributed by atoms with Crippen molar-refractivity contribution in [2.75, 3.05) is 14.2 Å². The maximum Gasteiger partial charge on any atom is 0.0718 e. The minimum atomic E-state index is 0.311. The Bertz CT molecular complexity index is 550. The molecule has 0 aliphatic rings. The van der Waals surface area contributed by atoms with Crippen LogP contribution in [0.2, 0.25) is 0 Å². The molecule has 0 saturated heterocycles. The van der Waals surface area contributed by atoms with Crippen LogP contribution in [-0.2, 0) is 18.2 Å². The van der Waals surface area contributed by atoms with Crippen LogP contribution in [0.4, 0.5) is 0 Å². The molecule has 0 fully saturated rings. The number of benzene rings is 1. The number of hydrogen-bond donors (Lipinski definition) is 1. The van der Waals surface area contributed by atoms with Crippen LogP contribution >= 0.6 is 0 Å². The fraction of sp³-hybridized carbons (Fsp3) is 0.562. The highest BCUT2D eigenvalue weighted by Crippen LogP contribution is 2.19. The molecule has 1 aromatic carbocycles. The van der Waals surface area contributed by atoms with Gasteiger partial charge >= 0.3 is 0 Å². The first kappa shape index (κ1) is 15.0. The van der Waals surface area contributed by atoms with Crippen molar-refractivity contribution in [1.29, 1.82) is 0 Å². The van der Waals surface area contributed by atoms with Crippen molar-refractivity contribution in [2.24, 2.45) is 7.05 Å². The van der Waals surface area contributed by atoms with Gasteiger partial charge in [0.25, 0.3) is 0 Å². The summed E-state index contributed by atoms with van der Waals surface area (Å²) in [5.41, 5.74) is 2.37. The van der Waals surface area contributed by atoms with Crippen LogP contribution in [0, 0.1) is 0 Å². The molecule has 2 atom stereocenters. The molecule has 110 valence electrons. The highest BCUT2D eigenvalue weighted by Gasteiger charge is 2.14. The first-order valence-electron chi connectivity index (χ1n) is 7.26. The van der Waals surface area contributed by atoms with Gasteiger partial charge in [-0.2, -0.15) is 5.10 Å². The number of ether oxygens (including phenoxy) is 1. The number of rotatable bonds is 7. The van der Waals surface area contributed by atoms with Crippen LogP contribution in [0.5, 0.6) is 0 Å². The molecule has 0 spiro atoms. The zero-order valence-electron chi connectivity index (χ0n) is 12.9. The first-order chi connectivity index (χ1) is 9.65. The average molecular weight is 275 g/mol. The van der Waals surface area contributed by atoms with E-state index in [-0.39, 0.29) is 0 Å². The molecule has 20 heavy (non-hydrogen) atoms. The number of methoxy groups -OCH3 is 1. The third kappa shape index (κ3) is 3.38. The Labute approximate surface area is 121 Å². The zero-order chi connectivity index (χ0) is 14.5. The largest absolute Gasteiger partial charge is 0.382 e. The predicted molar refractivity (Wildman–Crippen MR) is 83.0 cm³/mol. The van der Waals surface area contributed by atoms with E-state index in [9.17, 15) is 0 Å². The molecule has 1 aromatic heterocycles. The molecular formula is C16H25N3O. The number of likely N-dealkylation sites (N-methyl/N-ethyl adjacent to an activating group) is 1. The van der Waals surface area contributed by atoms with Crippen LogP contribution in [0.25, 0.3) is 10.9 Å². The zero-order valence-corrected chi connectivity index (χ0v) is 12.9. The summed E-state index contributed by atoms with van der Waals surface area (Å²) in [4.78, 5) is 0. The third-order valence-corrected chi connectivity index (χ3v) is 4.01. The normalized spacial score (nSPS) is 14.6. The van der Waals surface area contributed by atoms with E-state index >= 15 is 0 Å². The molecule has 0 radical (unpaired) electrons. The van der Waals surface area contributed by atoms with Crippen LogP contribution in [0.15, 0.2) is 24.3 Å². The molecule has 2 rings (SSSR count). The highest BCUT2D eigenvalue weighted by molar-refractivity contribution is 5.81. The molecular weight excluding hydrogens is 250 g/mol. The molecule has 1 heterocycles. The number of nitrogens with zero attached hydrogens (tertiary/aromatic N) is 2.